The second kappa shape index (κ2) is 9.50. The highest BCUT2D eigenvalue weighted by Gasteiger charge is 2.33. The Bertz CT molecular complexity index is 1160. The van der Waals surface area contributed by atoms with E-state index in [0.717, 1.165) is 35.4 Å². The van der Waals surface area contributed by atoms with Crippen LogP contribution in [-0.2, 0) is 6.18 Å². The van der Waals surface area contributed by atoms with Crippen LogP contribution < -0.4 is 10.1 Å². The summed E-state index contributed by atoms with van der Waals surface area (Å²) in [4.78, 5) is 12.8. The number of hydrogen-bond donors (Lipinski definition) is 1. The zero-order chi connectivity index (χ0) is 24.3. The van der Waals surface area contributed by atoms with Crippen LogP contribution in [0.15, 0.2) is 84.0 Å². The number of carbonyl (C=O) groups is 1. The van der Waals surface area contributed by atoms with Gasteiger partial charge in [-0.2, -0.15) is 27.1 Å². The van der Waals surface area contributed by atoms with Gasteiger partial charge in [-0.3, -0.25) is 0 Å². The molecule has 0 aliphatic carbocycles. The summed E-state index contributed by atoms with van der Waals surface area (Å²) in [7, 11) is 0. The van der Waals surface area contributed by atoms with Gasteiger partial charge in [-0.1, -0.05) is 42.5 Å². The number of hydrogen-bond acceptors (Lipinski definition) is 3. The molecule has 0 fully saturated rings. The van der Waals surface area contributed by atoms with Crippen molar-refractivity contribution >= 4 is 17.4 Å². The number of anilines is 1. The minimum absolute atomic E-state index is 0.00634. The molecule has 34 heavy (non-hydrogen) atoms. The number of nitrogens with one attached hydrogen (secondary N) is 1. The largest absolute Gasteiger partial charge is 0.435 e. The SMILES string of the molecule is O=C(Nc1ccc(C(F)(F)F)cc1)N1CC(c2ccc(OC(F)F)cc2)C(c2ccccc2)=N1. The molecule has 0 saturated carbocycles. The number of halogens is 5. The van der Waals surface area contributed by atoms with Gasteiger partial charge in [0.15, 0.2) is 0 Å². The molecule has 0 bridgehead atoms. The quantitative estimate of drug-likeness (QED) is 0.438. The lowest BCUT2D eigenvalue weighted by molar-refractivity contribution is -0.137. The van der Waals surface area contributed by atoms with Crippen molar-refractivity contribution in [1.82, 2.24) is 5.01 Å². The first-order valence-corrected chi connectivity index (χ1v) is 10.1. The highest BCUT2D eigenvalue weighted by Crippen LogP contribution is 2.32. The van der Waals surface area contributed by atoms with E-state index in [0.29, 0.717) is 5.71 Å². The zero-order valence-electron chi connectivity index (χ0n) is 17.5. The van der Waals surface area contributed by atoms with Gasteiger partial charge in [0.1, 0.15) is 5.75 Å². The lowest BCUT2D eigenvalue weighted by atomic mass is 9.90. The van der Waals surface area contributed by atoms with E-state index in [1.807, 2.05) is 30.3 Å². The lowest BCUT2D eigenvalue weighted by Gasteiger charge is -2.16. The molecule has 10 heteroatoms. The molecule has 2 amide bonds. The molecule has 3 aromatic carbocycles. The molecule has 0 saturated heterocycles. The fraction of sp³-hybridized carbons (Fsp3) is 0.167. The molecule has 3 aromatic rings. The fourth-order valence-electron chi connectivity index (χ4n) is 3.57. The molecular weight excluding hydrogens is 457 g/mol. The van der Waals surface area contributed by atoms with Crippen LogP contribution in [0.2, 0.25) is 0 Å². The molecule has 5 nitrogen and oxygen atoms in total. The average Bonchev–Trinajstić information content (AvgIpc) is 3.25. The standard InChI is InChI=1S/C24H18F5N3O2/c25-22(26)34-19-12-6-15(7-13-19)20-14-32(31-21(20)16-4-2-1-3-5-16)23(33)30-18-10-8-17(9-11-18)24(27,28)29/h1-13,20,22H,14H2,(H,30,33). The van der Waals surface area contributed by atoms with Gasteiger partial charge in [0.25, 0.3) is 0 Å². The summed E-state index contributed by atoms with van der Waals surface area (Å²) < 4.78 is 67.6. The molecule has 1 heterocycles. The van der Waals surface area contributed by atoms with Gasteiger partial charge in [-0.15, -0.1) is 0 Å². The van der Waals surface area contributed by atoms with Crippen LogP contribution in [0.25, 0.3) is 0 Å². The number of carbonyl (C=O) groups excluding carboxylic acids is 1. The van der Waals surface area contributed by atoms with Crippen molar-refractivity contribution in [3.63, 3.8) is 0 Å². The van der Waals surface area contributed by atoms with Crippen molar-refractivity contribution < 1.29 is 31.5 Å². The predicted octanol–water partition coefficient (Wildman–Crippen LogP) is 6.34. The van der Waals surface area contributed by atoms with Gasteiger partial charge >= 0.3 is 18.8 Å². The molecule has 176 valence electrons. The smallest absolute Gasteiger partial charge is 0.416 e. The number of alkyl halides is 5. The van der Waals surface area contributed by atoms with Crippen LogP contribution in [0, 0.1) is 0 Å². The topological polar surface area (TPSA) is 53.9 Å². The van der Waals surface area contributed by atoms with E-state index in [2.05, 4.69) is 15.2 Å². The number of amides is 2. The molecule has 4 rings (SSSR count). The number of ether oxygens (including phenoxy) is 1. The summed E-state index contributed by atoms with van der Waals surface area (Å²) in [6.45, 7) is -2.80. The minimum Gasteiger partial charge on any atom is -0.435 e. The molecule has 1 atom stereocenters. The molecule has 0 aromatic heterocycles. The van der Waals surface area contributed by atoms with Crippen LogP contribution in [0.4, 0.5) is 32.4 Å². The third-order valence-electron chi connectivity index (χ3n) is 5.19. The van der Waals surface area contributed by atoms with Gasteiger partial charge in [0.05, 0.1) is 17.8 Å². The minimum atomic E-state index is -4.48. The van der Waals surface area contributed by atoms with E-state index >= 15 is 0 Å². The number of urea groups is 1. The second-order valence-electron chi connectivity index (χ2n) is 7.44. The number of rotatable bonds is 5. The number of nitrogens with zero attached hydrogens (tertiary/aromatic N) is 2. The monoisotopic (exact) mass is 475 g/mol. The summed E-state index contributed by atoms with van der Waals surface area (Å²) in [6.07, 6.45) is -4.48. The Labute approximate surface area is 191 Å². The van der Waals surface area contributed by atoms with E-state index in [9.17, 15) is 26.7 Å². The third kappa shape index (κ3) is 5.33. The summed E-state index contributed by atoms with van der Waals surface area (Å²) >= 11 is 0. The Kier molecular flexibility index (Phi) is 6.49. The maximum atomic E-state index is 12.8. The first-order chi connectivity index (χ1) is 16.2. The van der Waals surface area contributed by atoms with Gasteiger partial charge < -0.3 is 10.1 Å². The summed E-state index contributed by atoms with van der Waals surface area (Å²) in [5.74, 6) is -0.354. The van der Waals surface area contributed by atoms with Crippen LogP contribution in [0.1, 0.15) is 22.6 Å². The normalized spacial score (nSPS) is 15.9. The maximum absolute atomic E-state index is 12.8. The van der Waals surface area contributed by atoms with E-state index in [4.69, 9.17) is 0 Å². The van der Waals surface area contributed by atoms with E-state index < -0.39 is 24.4 Å². The first-order valence-electron chi connectivity index (χ1n) is 10.1. The molecule has 0 spiro atoms. The van der Waals surface area contributed by atoms with Crippen LogP contribution in [-0.4, -0.2) is 29.9 Å². The third-order valence-corrected chi connectivity index (χ3v) is 5.19. The number of hydrazone groups is 1. The predicted molar refractivity (Wildman–Crippen MR) is 116 cm³/mol. The first kappa shape index (κ1) is 23.2. The Hall–Kier alpha value is -3.95. The van der Waals surface area contributed by atoms with E-state index in [1.54, 1.807) is 12.1 Å². The Morgan fingerprint density at radius 1 is 0.971 bits per heavy atom. The van der Waals surface area contributed by atoms with Crippen molar-refractivity contribution in [2.45, 2.75) is 18.7 Å². The molecule has 0 radical (unpaired) electrons. The number of benzene rings is 3. The van der Waals surface area contributed by atoms with Crippen molar-refractivity contribution in [3.8, 4) is 5.75 Å². The van der Waals surface area contributed by atoms with Crippen LogP contribution in [0.3, 0.4) is 0 Å². The maximum Gasteiger partial charge on any atom is 0.416 e. The Balaban J connectivity index is 1.55. The van der Waals surface area contributed by atoms with Crippen molar-refractivity contribution in [2.75, 3.05) is 11.9 Å². The average molecular weight is 475 g/mol. The van der Waals surface area contributed by atoms with Crippen molar-refractivity contribution in [2.24, 2.45) is 5.10 Å². The lowest BCUT2D eigenvalue weighted by Crippen LogP contribution is -2.30. The zero-order valence-corrected chi connectivity index (χ0v) is 17.5. The Morgan fingerprint density at radius 2 is 1.62 bits per heavy atom. The summed E-state index contributed by atoms with van der Waals surface area (Å²) in [5.41, 5.74) is 1.45. The molecule has 1 unspecified atom stereocenters. The fourth-order valence-corrected chi connectivity index (χ4v) is 3.57. The highest BCUT2D eigenvalue weighted by atomic mass is 19.4. The van der Waals surface area contributed by atoms with Gasteiger partial charge in [0, 0.05) is 11.6 Å². The van der Waals surface area contributed by atoms with Crippen LogP contribution in [0.5, 0.6) is 5.75 Å². The van der Waals surface area contributed by atoms with Gasteiger partial charge in [-0.25, -0.2) is 9.80 Å². The molecule has 1 N–H and O–H groups in total. The van der Waals surface area contributed by atoms with Crippen molar-refractivity contribution in [3.05, 3.63) is 95.6 Å². The molecule has 1 aliphatic rings. The van der Waals surface area contributed by atoms with Gasteiger partial charge in [0.2, 0.25) is 0 Å². The highest BCUT2D eigenvalue weighted by molar-refractivity contribution is 6.07. The van der Waals surface area contributed by atoms with Crippen molar-refractivity contribution in [1.29, 1.82) is 0 Å². The summed E-state index contributed by atoms with van der Waals surface area (Å²) in [6, 6.07) is 18.7. The molecule has 1 aliphatic heterocycles. The summed E-state index contributed by atoms with van der Waals surface area (Å²) in [5, 5.41) is 8.18. The van der Waals surface area contributed by atoms with E-state index in [-0.39, 0.29) is 23.9 Å². The van der Waals surface area contributed by atoms with E-state index in [1.165, 1.54) is 17.1 Å². The van der Waals surface area contributed by atoms with Crippen LogP contribution >= 0.6 is 0 Å². The molecular formula is C24H18F5N3O2. The Morgan fingerprint density at radius 3 is 2.21 bits per heavy atom. The van der Waals surface area contributed by atoms with Gasteiger partial charge in [-0.05, 0) is 47.5 Å². The second-order valence-corrected chi connectivity index (χ2v) is 7.44.